The van der Waals surface area contributed by atoms with Gasteiger partial charge in [-0.15, -0.1) is 6.58 Å². The standard InChI is InChI=1S/C26H34N2O6/c1-6-11-27(17-12-15(4)7-8-16(17)5)24(31)22-26-10-9-19(34-26)20(25(32)33)21(26)23(30)28(22)18(13-29)14(2)3/h6-8,12,14,18-22,29H,1,9-11,13H2,2-5H3,(H,32,33)/t18-,19+,20-,21-,22+,26-/m0/s1. The number of hydrogen-bond donors (Lipinski definition) is 2. The van der Waals surface area contributed by atoms with Crippen molar-refractivity contribution in [3.8, 4) is 0 Å². The third-order valence-corrected chi connectivity index (χ3v) is 7.80. The van der Waals surface area contributed by atoms with Crippen molar-refractivity contribution in [2.45, 2.75) is 64.3 Å². The van der Waals surface area contributed by atoms with Gasteiger partial charge >= 0.3 is 5.97 Å². The van der Waals surface area contributed by atoms with Gasteiger partial charge in [0.25, 0.3) is 5.91 Å². The molecule has 1 aromatic rings. The van der Waals surface area contributed by atoms with Gasteiger partial charge in [0.1, 0.15) is 11.6 Å². The van der Waals surface area contributed by atoms with E-state index in [2.05, 4.69) is 6.58 Å². The second-order valence-corrected chi connectivity index (χ2v) is 10.2. The SMILES string of the molecule is C=CCN(C(=O)[C@H]1N([C@@H](CO)C(C)C)C(=O)[C@@H]2[C@@H](C(=O)O)[C@H]3CC[C@]21O3)c1cc(C)ccc1C. The summed E-state index contributed by atoms with van der Waals surface area (Å²) in [6, 6.07) is 4.16. The normalized spacial score (nSPS) is 30.5. The first-order valence-electron chi connectivity index (χ1n) is 11.9. The van der Waals surface area contributed by atoms with Gasteiger partial charge in [0.05, 0.1) is 30.6 Å². The van der Waals surface area contributed by atoms with Crippen LogP contribution in [0, 0.1) is 31.6 Å². The second-order valence-electron chi connectivity index (χ2n) is 10.2. The number of likely N-dealkylation sites (tertiary alicyclic amines) is 1. The van der Waals surface area contributed by atoms with E-state index in [-0.39, 0.29) is 25.0 Å². The zero-order chi connectivity index (χ0) is 24.9. The number of aryl methyl sites for hydroxylation is 2. The van der Waals surface area contributed by atoms with E-state index < -0.39 is 47.5 Å². The number of anilines is 1. The maximum Gasteiger partial charge on any atom is 0.310 e. The van der Waals surface area contributed by atoms with E-state index in [1.165, 1.54) is 4.90 Å². The summed E-state index contributed by atoms with van der Waals surface area (Å²) in [5, 5.41) is 20.2. The van der Waals surface area contributed by atoms with E-state index in [0.717, 1.165) is 11.1 Å². The summed E-state index contributed by atoms with van der Waals surface area (Å²) in [7, 11) is 0. The second kappa shape index (κ2) is 8.82. The fourth-order valence-corrected chi connectivity index (χ4v) is 6.22. The first-order valence-corrected chi connectivity index (χ1v) is 11.9. The number of ether oxygens (including phenoxy) is 1. The molecule has 8 heteroatoms. The average Bonchev–Trinajstić information content (AvgIpc) is 3.42. The lowest BCUT2D eigenvalue weighted by Crippen LogP contribution is -2.60. The predicted molar refractivity (Wildman–Crippen MR) is 126 cm³/mol. The van der Waals surface area contributed by atoms with Crippen molar-refractivity contribution in [3.05, 3.63) is 42.0 Å². The number of fused-ring (bicyclic) bond motifs is 1. The molecule has 3 saturated heterocycles. The van der Waals surface area contributed by atoms with Crippen LogP contribution in [-0.4, -0.2) is 69.8 Å². The average molecular weight is 471 g/mol. The van der Waals surface area contributed by atoms with Crippen molar-refractivity contribution in [1.82, 2.24) is 4.90 Å². The van der Waals surface area contributed by atoms with E-state index in [9.17, 15) is 24.6 Å². The zero-order valence-corrected chi connectivity index (χ0v) is 20.2. The largest absolute Gasteiger partial charge is 0.481 e. The van der Waals surface area contributed by atoms with Crippen molar-refractivity contribution < 1.29 is 29.3 Å². The zero-order valence-electron chi connectivity index (χ0n) is 20.2. The Hall–Kier alpha value is -2.71. The smallest absolute Gasteiger partial charge is 0.310 e. The van der Waals surface area contributed by atoms with Gasteiger partial charge in [-0.3, -0.25) is 14.4 Å². The summed E-state index contributed by atoms with van der Waals surface area (Å²) in [6.07, 6.45) is 1.95. The number of carbonyl (C=O) groups excluding carboxylic acids is 2. The molecule has 3 aliphatic heterocycles. The summed E-state index contributed by atoms with van der Waals surface area (Å²) in [5.41, 5.74) is 1.37. The number of rotatable bonds is 8. The van der Waals surface area contributed by atoms with Crippen LogP contribution in [0.5, 0.6) is 0 Å². The number of nitrogens with zero attached hydrogens (tertiary/aromatic N) is 2. The molecule has 4 rings (SSSR count). The van der Waals surface area contributed by atoms with Crippen molar-refractivity contribution in [3.63, 3.8) is 0 Å². The fraction of sp³-hybridized carbons (Fsp3) is 0.577. The third kappa shape index (κ3) is 3.46. The highest BCUT2D eigenvalue weighted by molar-refractivity contribution is 6.05. The summed E-state index contributed by atoms with van der Waals surface area (Å²) in [6.45, 7) is 11.3. The Bertz CT molecular complexity index is 1020. The molecule has 0 aromatic heterocycles. The Morgan fingerprint density at radius 2 is 2.06 bits per heavy atom. The van der Waals surface area contributed by atoms with Gasteiger partial charge in [0, 0.05) is 12.2 Å². The Morgan fingerprint density at radius 3 is 2.65 bits per heavy atom. The Balaban J connectivity index is 1.87. The van der Waals surface area contributed by atoms with Gasteiger partial charge in [0.2, 0.25) is 5.91 Å². The minimum Gasteiger partial charge on any atom is -0.481 e. The summed E-state index contributed by atoms with van der Waals surface area (Å²) >= 11 is 0. The number of aliphatic hydroxyl groups is 1. The number of carbonyl (C=O) groups is 3. The fourth-order valence-electron chi connectivity index (χ4n) is 6.22. The molecule has 1 spiro atoms. The maximum atomic E-state index is 14.4. The Labute approximate surface area is 200 Å². The molecule has 2 N–H and O–H groups in total. The van der Waals surface area contributed by atoms with E-state index in [1.807, 2.05) is 45.9 Å². The van der Waals surface area contributed by atoms with Gasteiger partial charge in [0.15, 0.2) is 0 Å². The molecule has 6 atom stereocenters. The van der Waals surface area contributed by atoms with Crippen molar-refractivity contribution in [2.75, 3.05) is 18.1 Å². The monoisotopic (exact) mass is 470 g/mol. The van der Waals surface area contributed by atoms with Gasteiger partial charge < -0.3 is 24.7 Å². The van der Waals surface area contributed by atoms with Gasteiger partial charge in [-0.05, 0) is 49.8 Å². The topological polar surface area (TPSA) is 107 Å². The van der Waals surface area contributed by atoms with Gasteiger partial charge in [-0.2, -0.15) is 0 Å². The number of benzene rings is 1. The van der Waals surface area contributed by atoms with Crippen LogP contribution in [0.1, 0.15) is 37.8 Å². The van der Waals surface area contributed by atoms with Crippen molar-refractivity contribution in [2.24, 2.45) is 17.8 Å². The van der Waals surface area contributed by atoms with Gasteiger partial charge in [-0.1, -0.05) is 32.1 Å². The lowest BCUT2D eigenvalue weighted by molar-refractivity contribution is -0.151. The molecule has 1 aromatic carbocycles. The summed E-state index contributed by atoms with van der Waals surface area (Å²) in [4.78, 5) is 43.4. The van der Waals surface area contributed by atoms with Crippen LogP contribution >= 0.6 is 0 Å². The van der Waals surface area contributed by atoms with Gasteiger partial charge in [-0.25, -0.2) is 0 Å². The molecule has 3 heterocycles. The third-order valence-electron chi connectivity index (χ3n) is 7.80. The first kappa shape index (κ1) is 24.4. The number of aliphatic hydroxyl groups excluding tert-OH is 1. The van der Waals surface area contributed by atoms with Crippen LogP contribution in [0.15, 0.2) is 30.9 Å². The molecule has 184 valence electrons. The molecule has 0 aliphatic carbocycles. The first-order chi connectivity index (χ1) is 16.1. The molecule has 2 amide bonds. The Morgan fingerprint density at radius 1 is 1.35 bits per heavy atom. The number of carboxylic acid groups (broad SMARTS) is 1. The van der Waals surface area contributed by atoms with Crippen LogP contribution in [0.4, 0.5) is 5.69 Å². The molecule has 8 nitrogen and oxygen atoms in total. The highest BCUT2D eigenvalue weighted by Gasteiger charge is 2.75. The number of amides is 2. The molecular weight excluding hydrogens is 436 g/mol. The van der Waals surface area contributed by atoms with E-state index in [4.69, 9.17) is 4.74 Å². The number of aliphatic carboxylic acids is 1. The quantitative estimate of drug-likeness (QED) is 0.565. The van der Waals surface area contributed by atoms with E-state index >= 15 is 0 Å². The number of hydrogen-bond acceptors (Lipinski definition) is 5. The Kier molecular flexibility index (Phi) is 6.33. The number of carboxylic acids is 1. The molecule has 34 heavy (non-hydrogen) atoms. The van der Waals surface area contributed by atoms with Crippen LogP contribution in [0.25, 0.3) is 0 Å². The predicted octanol–water partition coefficient (Wildman–Crippen LogP) is 2.30. The molecular formula is C26H34N2O6. The van der Waals surface area contributed by atoms with Crippen LogP contribution in [0.3, 0.4) is 0 Å². The van der Waals surface area contributed by atoms with Crippen molar-refractivity contribution in [1.29, 1.82) is 0 Å². The van der Waals surface area contributed by atoms with E-state index in [0.29, 0.717) is 18.5 Å². The van der Waals surface area contributed by atoms with E-state index in [1.54, 1.807) is 11.0 Å². The minimum atomic E-state index is -1.22. The molecule has 0 saturated carbocycles. The van der Waals surface area contributed by atoms with Crippen LogP contribution in [-0.2, 0) is 19.1 Å². The molecule has 0 radical (unpaired) electrons. The highest BCUT2D eigenvalue weighted by atomic mass is 16.5. The van der Waals surface area contributed by atoms with Crippen LogP contribution in [0.2, 0.25) is 0 Å². The van der Waals surface area contributed by atoms with Crippen molar-refractivity contribution >= 4 is 23.5 Å². The lowest BCUT2D eigenvalue weighted by Gasteiger charge is -2.40. The molecule has 3 fully saturated rings. The minimum absolute atomic E-state index is 0.145. The molecule has 2 bridgehead atoms. The molecule has 3 aliphatic rings. The summed E-state index contributed by atoms with van der Waals surface area (Å²) in [5.74, 6) is -3.93. The lowest BCUT2D eigenvalue weighted by atomic mass is 9.70. The summed E-state index contributed by atoms with van der Waals surface area (Å²) < 4.78 is 6.29. The maximum absolute atomic E-state index is 14.4. The van der Waals surface area contributed by atoms with Crippen LogP contribution < -0.4 is 4.90 Å². The molecule has 0 unspecified atom stereocenters. The highest BCUT2D eigenvalue weighted by Crippen LogP contribution is 2.59.